The Labute approximate surface area is 132 Å². The number of benzene rings is 1. The number of nitrogens with zero attached hydrogens (tertiary/aromatic N) is 1. The summed E-state index contributed by atoms with van der Waals surface area (Å²) >= 11 is 0. The number of hydrogen-bond donors (Lipinski definition) is 2. The van der Waals surface area contributed by atoms with Crippen molar-refractivity contribution in [1.29, 1.82) is 0 Å². The van der Waals surface area contributed by atoms with Crippen molar-refractivity contribution in [2.24, 2.45) is 5.41 Å². The third-order valence-corrected chi connectivity index (χ3v) is 4.70. The number of rotatable bonds is 4. The number of likely N-dealkylation sites (tertiary alicyclic amines) is 1. The third kappa shape index (κ3) is 3.24. The first-order chi connectivity index (χ1) is 10.8. The summed E-state index contributed by atoms with van der Waals surface area (Å²) in [6.07, 6.45) is -4.84. The van der Waals surface area contributed by atoms with Gasteiger partial charge in [-0.15, -0.1) is 0 Å². The van der Waals surface area contributed by atoms with Crippen LogP contribution in [0.1, 0.15) is 23.6 Å². The summed E-state index contributed by atoms with van der Waals surface area (Å²) in [6, 6.07) is 5.00. The van der Waals surface area contributed by atoms with Gasteiger partial charge in [0.25, 0.3) is 0 Å². The fraction of sp³-hybridized carbons (Fsp3) is 0.625. The van der Waals surface area contributed by atoms with E-state index in [1.807, 2.05) is 4.90 Å². The second kappa shape index (κ2) is 6.05. The van der Waals surface area contributed by atoms with Crippen LogP contribution in [0.15, 0.2) is 24.3 Å². The molecule has 2 N–H and O–H groups in total. The zero-order valence-electron chi connectivity index (χ0n) is 12.6. The Bertz CT molecular complexity index is 554. The van der Waals surface area contributed by atoms with Gasteiger partial charge in [0.1, 0.15) is 0 Å². The zero-order valence-corrected chi connectivity index (χ0v) is 12.6. The van der Waals surface area contributed by atoms with Crippen LogP contribution >= 0.6 is 0 Å². The van der Waals surface area contributed by atoms with Gasteiger partial charge < -0.3 is 14.9 Å². The quantitative estimate of drug-likeness (QED) is 0.884. The average molecular weight is 331 g/mol. The highest BCUT2D eigenvalue weighted by Gasteiger charge is 2.45. The van der Waals surface area contributed by atoms with Gasteiger partial charge >= 0.3 is 6.18 Å². The fourth-order valence-corrected chi connectivity index (χ4v) is 3.48. The number of β-amino-alcohol motifs (C(OH)–C–C–N with tert-alkyl or cyclic N) is 1. The molecule has 2 saturated heterocycles. The monoisotopic (exact) mass is 331 g/mol. The number of hydrogen-bond acceptors (Lipinski definition) is 4. The second-order valence-electron chi connectivity index (χ2n) is 6.57. The number of ether oxygens (including phenoxy) is 1. The minimum absolute atomic E-state index is 0.0762. The molecule has 2 heterocycles. The first kappa shape index (κ1) is 16.7. The molecule has 0 aliphatic carbocycles. The molecule has 1 aromatic carbocycles. The molecule has 3 rings (SSSR count). The predicted molar refractivity (Wildman–Crippen MR) is 76.7 cm³/mol. The third-order valence-electron chi connectivity index (χ3n) is 4.70. The summed E-state index contributed by atoms with van der Waals surface area (Å²) in [6.45, 7) is 1.43. The van der Waals surface area contributed by atoms with Crippen molar-refractivity contribution in [3.05, 3.63) is 35.4 Å². The van der Waals surface area contributed by atoms with Crippen molar-refractivity contribution in [2.75, 3.05) is 32.9 Å². The first-order valence-corrected chi connectivity index (χ1v) is 7.61. The van der Waals surface area contributed by atoms with Gasteiger partial charge in [0, 0.05) is 19.1 Å². The van der Waals surface area contributed by atoms with Gasteiger partial charge in [0.15, 0.2) is 0 Å². The van der Waals surface area contributed by atoms with Crippen LogP contribution in [0.25, 0.3) is 0 Å². The maximum absolute atomic E-state index is 13.3. The van der Waals surface area contributed by atoms with Gasteiger partial charge in [-0.1, -0.05) is 18.2 Å². The zero-order chi connectivity index (χ0) is 16.7. The van der Waals surface area contributed by atoms with Crippen molar-refractivity contribution >= 4 is 0 Å². The standard InChI is InChI=1S/C16H20F3NO3/c17-16(18,19)13-4-2-1-3-12(13)14-5-11(22)6-20(14)7-15(8-21)9-23-10-15/h1-4,11,14,21-22H,5-10H2/t11-,14-/m0/s1. The van der Waals surface area contributed by atoms with Gasteiger partial charge in [-0.2, -0.15) is 13.2 Å². The summed E-state index contributed by atoms with van der Waals surface area (Å²) in [5, 5.41) is 19.5. The van der Waals surface area contributed by atoms with E-state index in [0.717, 1.165) is 6.07 Å². The van der Waals surface area contributed by atoms with E-state index >= 15 is 0 Å². The first-order valence-electron chi connectivity index (χ1n) is 7.61. The molecule has 2 aliphatic rings. The maximum atomic E-state index is 13.3. The topological polar surface area (TPSA) is 52.9 Å². The van der Waals surface area contributed by atoms with Crippen LogP contribution in [0.2, 0.25) is 0 Å². The van der Waals surface area contributed by atoms with Crippen molar-refractivity contribution < 1.29 is 28.1 Å². The minimum atomic E-state index is -4.43. The summed E-state index contributed by atoms with van der Waals surface area (Å²) in [5.41, 5.74) is -0.910. The summed E-state index contributed by atoms with van der Waals surface area (Å²) in [7, 11) is 0. The van der Waals surface area contributed by atoms with Gasteiger partial charge in [-0.25, -0.2) is 0 Å². The fourth-order valence-electron chi connectivity index (χ4n) is 3.48. The van der Waals surface area contributed by atoms with Crippen LogP contribution in [0.4, 0.5) is 13.2 Å². The van der Waals surface area contributed by atoms with E-state index in [1.54, 1.807) is 6.07 Å². The largest absolute Gasteiger partial charge is 0.416 e. The minimum Gasteiger partial charge on any atom is -0.396 e. The summed E-state index contributed by atoms with van der Waals surface area (Å²) in [4.78, 5) is 1.84. The molecule has 4 nitrogen and oxygen atoms in total. The lowest BCUT2D eigenvalue weighted by molar-refractivity contribution is -0.151. The molecule has 23 heavy (non-hydrogen) atoms. The SMILES string of the molecule is OCC1(CN2C[C@@H](O)C[C@H]2c2ccccc2C(F)(F)F)COC1. The molecule has 1 aromatic rings. The van der Waals surface area contributed by atoms with Gasteiger partial charge in [-0.3, -0.25) is 4.90 Å². The molecule has 0 saturated carbocycles. The predicted octanol–water partition coefficient (Wildman–Crippen LogP) is 1.82. The van der Waals surface area contributed by atoms with Gasteiger partial charge in [-0.05, 0) is 18.1 Å². The number of alkyl halides is 3. The Balaban J connectivity index is 1.88. The number of halogens is 3. The van der Waals surface area contributed by atoms with E-state index < -0.39 is 29.3 Å². The Hall–Kier alpha value is -1.15. The Morgan fingerprint density at radius 3 is 2.52 bits per heavy atom. The molecule has 2 fully saturated rings. The van der Waals surface area contributed by atoms with E-state index in [1.165, 1.54) is 12.1 Å². The van der Waals surface area contributed by atoms with Crippen molar-refractivity contribution in [3.63, 3.8) is 0 Å². The van der Waals surface area contributed by atoms with Crippen LogP contribution in [0, 0.1) is 5.41 Å². The van der Waals surface area contributed by atoms with Crippen molar-refractivity contribution in [1.82, 2.24) is 4.90 Å². The number of aliphatic hydroxyl groups is 2. The van der Waals surface area contributed by atoms with Crippen molar-refractivity contribution in [3.8, 4) is 0 Å². The molecule has 0 unspecified atom stereocenters. The maximum Gasteiger partial charge on any atom is 0.416 e. The van der Waals surface area contributed by atoms with Gasteiger partial charge in [0.2, 0.25) is 0 Å². The molecular weight excluding hydrogens is 311 g/mol. The molecule has 2 aliphatic heterocycles. The Morgan fingerprint density at radius 1 is 1.26 bits per heavy atom. The highest BCUT2D eigenvalue weighted by Crippen LogP contribution is 2.42. The van der Waals surface area contributed by atoms with E-state index in [9.17, 15) is 23.4 Å². The molecule has 0 bridgehead atoms. The highest BCUT2D eigenvalue weighted by molar-refractivity contribution is 5.33. The summed E-state index contributed by atoms with van der Waals surface area (Å²) in [5.74, 6) is 0. The molecule has 0 aromatic heterocycles. The Morgan fingerprint density at radius 2 is 1.96 bits per heavy atom. The molecule has 128 valence electrons. The molecule has 0 radical (unpaired) electrons. The van der Waals surface area contributed by atoms with Crippen LogP contribution in [0.3, 0.4) is 0 Å². The van der Waals surface area contributed by atoms with Gasteiger partial charge in [0.05, 0.1) is 36.9 Å². The van der Waals surface area contributed by atoms with E-state index in [2.05, 4.69) is 0 Å². The van der Waals surface area contributed by atoms with Crippen LogP contribution < -0.4 is 0 Å². The van der Waals surface area contributed by atoms with E-state index in [-0.39, 0.29) is 18.6 Å². The van der Waals surface area contributed by atoms with Crippen LogP contribution in [-0.4, -0.2) is 54.1 Å². The second-order valence-corrected chi connectivity index (χ2v) is 6.57. The molecular formula is C16H20F3NO3. The molecule has 0 amide bonds. The lowest BCUT2D eigenvalue weighted by atomic mass is 9.85. The highest BCUT2D eigenvalue weighted by atomic mass is 19.4. The average Bonchev–Trinajstić information content (AvgIpc) is 2.82. The molecule has 7 heteroatoms. The lowest BCUT2D eigenvalue weighted by Crippen LogP contribution is -2.53. The van der Waals surface area contributed by atoms with Crippen LogP contribution in [0.5, 0.6) is 0 Å². The van der Waals surface area contributed by atoms with Crippen molar-refractivity contribution in [2.45, 2.75) is 24.7 Å². The molecule has 0 spiro atoms. The van der Waals surface area contributed by atoms with Crippen LogP contribution in [-0.2, 0) is 10.9 Å². The summed E-state index contributed by atoms with van der Waals surface area (Å²) < 4.78 is 45.0. The lowest BCUT2D eigenvalue weighted by Gasteiger charge is -2.43. The molecule has 2 atom stereocenters. The smallest absolute Gasteiger partial charge is 0.396 e. The van der Waals surface area contributed by atoms with E-state index in [4.69, 9.17) is 4.74 Å². The van der Waals surface area contributed by atoms with E-state index in [0.29, 0.717) is 26.3 Å². The normalized spacial score (nSPS) is 27.9. The number of aliphatic hydroxyl groups excluding tert-OH is 2. The Kier molecular flexibility index (Phi) is 4.39.